The van der Waals surface area contributed by atoms with Crippen LogP contribution in [0.4, 0.5) is 5.82 Å². The Morgan fingerprint density at radius 1 is 1.04 bits per heavy atom. The molecule has 5 heterocycles. The first kappa shape index (κ1) is 33.6. The zero-order valence-electron chi connectivity index (χ0n) is 28.9. The summed E-state index contributed by atoms with van der Waals surface area (Å²) >= 11 is 13.4. The first-order valence-electron chi connectivity index (χ1n) is 16.4. The Labute approximate surface area is 299 Å². The molecule has 1 N–H and O–H groups in total. The zero-order chi connectivity index (χ0) is 35.8. The molecule has 0 fully saturated rings. The van der Waals surface area contributed by atoms with Crippen LogP contribution in [0, 0.1) is 27.7 Å². The third-order valence-electron chi connectivity index (χ3n) is 9.70. The Morgan fingerprint density at radius 3 is 2.42 bits per heavy atom. The lowest BCUT2D eigenvalue weighted by Gasteiger charge is -2.34. The molecule has 0 aliphatic carbocycles. The Kier molecular flexibility index (Phi) is 8.39. The van der Waals surface area contributed by atoms with Gasteiger partial charge in [-0.05, 0) is 88.4 Å². The number of carbonyl (C=O) groups is 2. The van der Waals surface area contributed by atoms with Crippen LogP contribution in [0.1, 0.15) is 68.4 Å². The number of carboxylic acids is 1. The number of nitrogens with zero attached hydrogens (tertiary/aromatic N) is 7. The van der Waals surface area contributed by atoms with Gasteiger partial charge in [0.25, 0.3) is 5.91 Å². The minimum Gasteiger partial charge on any atom is -0.494 e. The fourth-order valence-corrected chi connectivity index (χ4v) is 7.66. The summed E-state index contributed by atoms with van der Waals surface area (Å²) in [6, 6.07) is 9.12. The number of benzene rings is 2. The first-order chi connectivity index (χ1) is 23.8. The van der Waals surface area contributed by atoms with Crippen LogP contribution < -0.4 is 9.64 Å². The van der Waals surface area contributed by atoms with E-state index < -0.39 is 5.97 Å². The molecule has 50 heavy (non-hydrogen) atoms. The molecule has 2 aromatic carbocycles. The molecule has 0 saturated carbocycles. The van der Waals surface area contributed by atoms with Crippen molar-refractivity contribution < 1.29 is 19.4 Å². The Balaban J connectivity index is 1.39. The van der Waals surface area contributed by atoms with Crippen molar-refractivity contribution in [2.24, 2.45) is 14.1 Å². The van der Waals surface area contributed by atoms with Gasteiger partial charge in [-0.3, -0.25) is 14.4 Å². The van der Waals surface area contributed by atoms with Gasteiger partial charge >= 0.3 is 5.97 Å². The molecule has 0 spiro atoms. The summed E-state index contributed by atoms with van der Waals surface area (Å²) in [5, 5.41) is 17.1. The number of anilines is 1. The summed E-state index contributed by atoms with van der Waals surface area (Å²) in [4.78, 5) is 38.0. The molecule has 11 nitrogen and oxygen atoms in total. The van der Waals surface area contributed by atoms with Crippen molar-refractivity contribution in [1.82, 2.24) is 28.9 Å². The van der Waals surface area contributed by atoms with Gasteiger partial charge < -0.3 is 19.0 Å². The van der Waals surface area contributed by atoms with Crippen LogP contribution >= 0.6 is 23.2 Å². The molecule has 6 aromatic rings. The number of hydrogen-bond donors (Lipinski definition) is 1. The predicted molar refractivity (Wildman–Crippen MR) is 195 cm³/mol. The van der Waals surface area contributed by atoms with Gasteiger partial charge in [0.1, 0.15) is 17.0 Å². The average Bonchev–Trinajstić information content (AvgIpc) is 3.69. The van der Waals surface area contributed by atoms with E-state index in [0.717, 1.165) is 60.9 Å². The van der Waals surface area contributed by atoms with Gasteiger partial charge in [-0.2, -0.15) is 5.10 Å². The summed E-state index contributed by atoms with van der Waals surface area (Å²) in [5.74, 6) is -0.866. The van der Waals surface area contributed by atoms with Gasteiger partial charge in [-0.25, -0.2) is 14.8 Å². The van der Waals surface area contributed by atoms with E-state index in [2.05, 4.69) is 14.6 Å². The molecular weight excluding hydrogens is 677 g/mol. The zero-order valence-corrected chi connectivity index (χ0v) is 30.4. The summed E-state index contributed by atoms with van der Waals surface area (Å²) in [6.45, 7) is 10.5. The van der Waals surface area contributed by atoms with Crippen molar-refractivity contribution in [3.05, 3.63) is 86.0 Å². The normalized spacial score (nSPS) is 14.6. The molecule has 1 aliphatic heterocycles. The molecule has 258 valence electrons. The quantitative estimate of drug-likeness (QED) is 0.160. The van der Waals surface area contributed by atoms with Crippen molar-refractivity contribution >= 4 is 63.0 Å². The van der Waals surface area contributed by atoms with E-state index in [1.807, 2.05) is 70.6 Å². The predicted octanol–water partition coefficient (Wildman–Crippen LogP) is 7.80. The maximum atomic E-state index is 14.9. The van der Waals surface area contributed by atoms with Crippen molar-refractivity contribution in [3.8, 4) is 16.9 Å². The van der Waals surface area contributed by atoms with E-state index in [-0.39, 0.29) is 30.0 Å². The topological polar surface area (TPSA) is 120 Å². The van der Waals surface area contributed by atoms with Crippen LogP contribution in [0.2, 0.25) is 10.0 Å². The smallest absolute Gasteiger partial charge is 0.358 e. The van der Waals surface area contributed by atoms with Gasteiger partial charge in [0.05, 0.1) is 22.8 Å². The van der Waals surface area contributed by atoms with Gasteiger partial charge in [0.2, 0.25) is 0 Å². The second kappa shape index (κ2) is 12.5. The van der Waals surface area contributed by atoms with Crippen LogP contribution in [-0.4, -0.2) is 59.0 Å². The third-order valence-corrected chi connectivity index (χ3v) is 10.6. The molecule has 1 unspecified atom stereocenters. The number of carbonyl (C=O) groups excluding carboxylic acids is 1. The molecule has 4 aromatic heterocycles. The number of hydrogen-bond acceptors (Lipinski definition) is 6. The molecule has 0 bridgehead atoms. The molecule has 7 rings (SSSR count). The number of ether oxygens (including phenoxy) is 1. The lowest BCUT2D eigenvalue weighted by atomic mass is 9.98. The Morgan fingerprint density at radius 2 is 1.76 bits per heavy atom. The van der Waals surface area contributed by atoms with E-state index in [1.54, 1.807) is 23.9 Å². The van der Waals surface area contributed by atoms with E-state index in [4.69, 9.17) is 32.9 Å². The summed E-state index contributed by atoms with van der Waals surface area (Å²) < 4.78 is 11.8. The van der Waals surface area contributed by atoms with Crippen LogP contribution in [0.5, 0.6) is 5.75 Å². The molecule has 1 atom stereocenters. The molecular formula is C37H37Cl2N7O4. The van der Waals surface area contributed by atoms with E-state index in [0.29, 0.717) is 41.3 Å². The van der Waals surface area contributed by atoms with Gasteiger partial charge in [0.15, 0.2) is 17.2 Å². The maximum absolute atomic E-state index is 14.9. The number of fused-ring (bicyclic) bond motifs is 4. The second-order valence-electron chi connectivity index (χ2n) is 13.1. The van der Waals surface area contributed by atoms with Crippen LogP contribution in [0.25, 0.3) is 33.2 Å². The standard InChI is InChI=1S/C37H37Cl2N7O4/c1-18-15-23(16-19(2)30(18)39)50-14-8-9-24-25-10-11-26(38)29(28-21(4)42-44(7)22(28)5)32(25)46-20(3)17-45(36(47)33(24)46)35-31(37(48)49)40-27-12-13-43(6)34(27)41-35/h10-13,15-16,20H,8-9,14,17H2,1-7H3,(H,48,49). The highest BCUT2D eigenvalue weighted by atomic mass is 35.5. The number of amides is 1. The number of carboxylic acid groups (broad SMARTS) is 1. The Hall–Kier alpha value is -4.87. The Bertz CT molecular complexity index is 2370. The van der Waals surface area contributed by atoms with Crippen LogP contribution in [0.15, 0.2) is 36.5 Å². The van der Waals surface area contributed by atoms with Crippen molar-refractivity contribution in [1.29, 1.82) is 0 Å². The van der Waals surface area contributed by atoms with Gasteiger partial charge in [0, 0.05) is 60.1 Å². The highest BCUT2D eigenvalue weighted by molar-refractivity contribution is 6.35. The molecule has 1 amide bonds. The van der Waals surface area contributed by atoms with E-state index in [9.17, 15) is 14.7 Å². The monoisotopic (exact) mass is 713 g/mol. The lowest BCUT2D eigenvalue weighted by Crippen LogP contribution is -2.44. The number of rotatable bonds is 8. The molecule has 1 aliphatic rings. The number of halogens is 2. The SMILES string of the molecule is Cc1cc(OCCCc2c3n(c4c(-c5c(C)nn(C)c5C)c(Cl)ccc24)C(C)CN(c2nc4c(ccn4C)nc2C(=O)O)C3=O)cc(C)c1Cl. The number of aromatic nitrogens is 6. The minimum absolute atomic E-state index is 0.0140. The second-order valence-corrected chi connectivity index (χ2v) is 13.9. The summed E-state index contributed by atoms with van der Waals surface area (Å²) in [5.41, 5.74) is 8.17. The average molecular weight is 715 g/mol. The third kappa shape index (κ3) is 5.30. The highest BCUT2D eigenvalue weighted by Gasteiger charge is 2.39. The lowest BCUT2D eigenvalue weighted by molar-refractivity contribution is 0.0691. The summed E-state index contributed by atoms with van der Waals surface area (Å²) in [7, 11) is 3.71. The maximum Gasteiger partial charge on any atom is 0.358 e. The van der Waals surface area contributed by atoms with Crippen molar-refractivity contribution in [2.75, 3.05) is 18.1 Å². The fourth-order valence-electron chi connectivity index (χ4n) is 7.30. The van der Waals surface area contributed by atoms with Crippen molar-refractivity contribution in [3.63, 3.8) is 0 Å². The summed E-state index contributed by atoms with van der Waals surface area (Å²) in [6.07, 6.45) is 2.88. The largest absolute Gasteiger partial charge is 0.494 e. The minimum atomic E-state index is -1.26. The van der Waals surface area contributed by atoms with Crippen LogP contribution in [-0.2, 0) is 20.5 Å². The first-order valence-corrected chi connectivity index (χ1v) is 17.2. The number of aryl methyl sites for hydroxylation is 6. The highest BCUT2D eigenvalue weighted by Crippen LogP contribution is 2.45. The molecule has 13 heteroatoms. The molecule has 0 saturated heterocycles. The van der Waals surface area contributed by atoms with E-state index >= 15 is 0 Å². The van der Waals surface area contributed by atoms with E-state index in [1.165, 1.54) is 4.90 Å². The van der Waals surface area contributed by atoms with Crippen LogP contribution in [0.3, 0.4) is 0 Å². The molecule has 0 radical (unpaired) electrons. The fraction of sp³-hybridized carbons (Fsp3) is 0.324. The van der Waals surface area contributed by atoms with Gasteiger partial charge in [-0.1, -0.05) is 29.3 Å². The number of aromatic carboxylic acids is 1. The van der Waals surface area contributed by atoms with Crippen molar-refractivity contribution in [2.45, 2.75) is 53.5 Å². The van der Waals surface area contributed by atoms with Gasteiger partial charge in [-0.15, -0.1) is 0 Å².